The lowest BCUT2D eigenvalue weighted by molar-refractivity contribution is -0.129. The fourth-order valence-corrected chi connectivity index (χ4v) is 1.74. The van der Waals surface area contributed by atoms with Crippen molar-refractivity contribution >= 4 is 17.5 Å². The number of halogens is 1. The normalized spacial score (nSPS) is 26.4. The average Bonchev–Trinajstić information content (AvgIpc) is 2.30. The smallest absolute Gasteiger partial charge is 0.224 e. The minimum absolute atomic E-state index is 0.0429. The van der Waals surface area contributed by atoms with Crippen molar-refractivity contribution in [3.63, 3.8) is 0 Å². The highest BCUT2D eigenvalue weighted by Gasteiger charge is 2.30. The van der Waals surface area contributed by atoms with Crippen molar-refractivity contribution < 1.29 is 9.90 Å². The van der Waals surface area contributed by atoms with Gasteiger partial charge in [-0.05, 0) is 13.3 Å². The first-order chi connectivity index (χ1) is 5.65. The van der Waals surface area contributed by atoms with Crippen LogP contribution in [0.3, 0.4) is 0 Å². The van der Waals surface area contributed by atoms with Crippen LogP contribution in [0.1, 0.15) is 19.8 Å². The number of amides is 1. The molecule has 2 atom stereocenters. The van der Waals surface area contributed by atoms with E-state index in [4.69, 9.17) is 16.7 Å². The van der Waals surface area contributed by atoms with Crippen LogP contribution >= 0.6 is 11.6 Å². The van der Waals surface area contributed by atoms with Crippen LogP contribution in [0.2, 0.25) is 0 Å². The Labute approximate surface area is 77.3 Å². The highest BCUT2D eigenvalue weighted by atomic mass is 35.5. The Morgan fingerprint density at radius 2 is 2.50 bits per heavy atom. The van der Waals surface area contributed by atoms with Crippen LogP contribution in [-0.2, 0) is 4.79 Å². The number of hydrogen-bond acceptors (Lipinski definition) is 2. The summed E-state index contributed by atoms with van der Waals surface area (Å²) in [4.78, 5) is 13.0. The van der Waals surface area contributed by atoms with Gasteiger partial charge in [-0.15, -0.1) is 11.6 Å². The van der Waals surface area contributed by atoms with Crippen LogP contribution in [-0.4, -0.2) is 40.5 Å². The Bertz CT molecular complexity index is 174. The SMILES string of the molecule is C[C@H](CCO)N1CC(Cl)CC1=O. The number of aliphatic hydroxyl groups excluding tert-OH is 1. The largest absolute Gasteiger partial charge is 0.396 e. The summed E-state index contributed by atoms with van der Waals surface area (Å²) in [6.07, 6.45) is 1.08. The molecule has 1 fully saturated rings. The van der Waals surface area contributed by atoms with Gasteiger partial charge in [-0.25, -0.2) is 0 Å². The molecule has 1 amide bonds. The van der Waals surface area contributed by atoms with Crippen LogP contribution < -0.4 is 0 Å². The monoisotopic (exact) mass is 191 g/mol. The van der Waals surface area contributed by atoms with Gasteiger partial charge >= 0.3 is 0 Å². The van der Waals surface area contributed by atoms with Crippen LogP contribution in [0.25, 0.3) is 0 Å². The van der Waals surface area contributed by atoms with E-state index in [0.717, 1.165) is 0 Å². The maximum absolute atomic E-state index is 11.3. The zero-order valence-electron chi connectivity index (χ0n) is 7.16. The molecule has 1 heterocycles. The van der Waals surface area contributed by atoms with E-state index in [1.807, 2.05) is 6.92 Å². The molecule has 0 aromatic carbocycles. The number of nitrogens with zero attached hydrogens (tertiary/aromatic N) is 1. The molecule has 12 heavy (non-hydrogen) atoms. The first kappa shape index (κ1) is 9.81. The zero-order chi connectivity index (χ0) is 9.14. The molecule has 0 radical (unpaired) electrons. The summed E-state index contributed by atoms with van der Waals surface area (Å²) in [5.41, 5.74) is 0. The predicted octanol–water partition coefficient (Wildman–Crippen LogP) is 0.597. The molecule has 1 aliphatic heterocycles. The quantitative estimate of drug-likeness (QED) is 0.664. The third-order valence-corrected chi connectivity index (χ3v) is 2.48. The standard InChI is InChI=1S/C8H14ClNO2/c1-6(2-3-11)10-5-7(9)4-8(10)12/h6-7,11H,2-5H2,1H3/t6-,7?/m1/s1. The molecule has 1 rings (SSSR count). The molecule has 0 bridgehead atoms. The van der Waals surface area contributed by atoms with Gasteiger partial charge in [0.1, 0.15) is 0 Å². The molecule has 1 unspecified atom stereocenters. The Morgan fingerprint density at radius 1 is 1.83 bits per heavy atom. The summed E-state index contributed by atoms with van der Waals surface area (Å²) in [7, 11) is 0. The Balaban J connectivity index is 2.46. The van der Waals surface area contributed by atoms with E-state index in [9.17, 15) is 4.79 Å². The Hall–Kier alpha value is -0.280. The van der Waals surface area contributed by atoms with Crippen LogP contribution in [0.15, 0.2) is 0 Å². The number of alkyl halides is 1. The van der Waals surface area contributed by atoms with Crippen LogP contribution in [0.5, 0.6) is 0 Å². The van der Waals surface area contributed by atoms with E-state index in [0.29, 0.717) is 19.4 Å². The molecule has 4 heteroatoms. The number of carbonyl (C=O) groups is 1. The molecule has 0 spiro atoms. The molecule has 0 aromatic rings. The minimum atomic E-state index is -0.0429. The van der Waals surface area contributed by atoms with Gasteiger partial charge in [-0.3, -0.25) is 4.79 Å². The summed E-state index contributed by atoms with van der Waals surface area (Å²) in [6.45, 7) is 2.68. The third kappa shape index (κ3) is 2.11. The maximum Gasteiger partial charge on any atom is 0.224 e. The lowest BCUT2D eigenvalue weighted by Gasteiger charge is -2.23. The molecule has 0 saturated carbocycles. The third-order valence-electron chi connectivity index (χ3n) is 2.19. The second-order valence-electron chi connectivity index (χ2n) is 3.21. The fraction of sp³-hybridized carbons (Fsp3) is 0.875. The van der Waals surface area contributed by atoms with Crippen LogP contribution in [0, 0.1) is 0 Å². The van der Waals surface area contributed by atoms with Gasteiger partial charge in [0, 0.05) is 25.6 Å². The predicted molar refractivity (Wildman–Crippen MR) is 47.1 cm³/mol. The molecule has 1 saturated heterocycles. The summed E-state index contributed by atoms with van der Waals surface area (Å²) in [5.74, 6) is 0.107. The van der Waals surface area contributed by atoms with Gasteiger partial charge in [0.15, 0.2) is 0 Å². The van der Waals surface area contributed by atoms with Crippen molar-refractivity contribution in [3.05, 3.63) is 0 Å². The van der Waals surface area contributed by atoms with Crippen molar-refractivity contribution in [3.8, 4) is 0 Å². The molecular formula is C8H14ClNO2. The molecular weight excluding hydrogens is 178 g/mol. The van der Waals surface area contributed by atoms with Gasteiger partial charge < -0.3 is 10.0 Å². The van der Waals surface area contributed by atoms with Crippen molar-refractivity contribution in [2.75, 3.05) is 13.2 Å². The van der Waals surface area contributed by atoms with Gasteiger partial charge in [0.25, 0.3) is 0 Å². The van der Waals surface area contributed by atoms with E-state index in [2.05, 4.69) is 0 Å². The summed E-state index contributed by atoms with van der Waals surface area (Å²) >= 11 is 5.82. The first-order valence-electron chi connectivity index (χ1n) is 4.19. The number of aliphatic hydroxyl groups is 1. The second-order valence-corrected chi connectivity index (χ2v) is 3.83. The zero-order valence-corrected chi connectivity index (χ0v) is 7.92. The molecule has 70 valence electrons. The first-order valence-corrected chi connectivity index (χ1v) is 4.63. The van der Waals surface area contributed by atoms with Crippen molar-refractivity contribution in [2.45, 2.75) is 31.2 Å². The van der Waals surface area contributed by atoms with E-state index < -0.39 is 0 Å². The van der Waals surface area contributed by atoms with Crippen LogP contribution in [0.4, 0.5) is 0 Å². The van der Waals surface area contributed by atoms with Gasteiger partial charge in [-0.2, -0.15) is 0 Å². The number of likely N-dealkylation sites (tertiary alicyclic amines) is 1. The van der Waals surface area contributed by atoms with Gasteiger partial charge in [0.05, 0.1) is 5.38 Å². The van der Waals surface area contributed by atoms with E-state index in [1.165, 1.54) is 0 Å². The molecule has 3 nitrogen and oxygen atoms in total. The molecule has 1 N–H and O–H groups in total. The minimum Gasteiger partial charge on any atom is -0.396 e. The molecule has 0 aliphatic carbocycles. The topological polar surface area (TPSA) is 40.5 Å². The van der Waals surface area contributed by atoms with Gasteiger partial charge in [-0.1, -0.05) is 0 Å². The van der Waals surface area contributed by atoms with Crippen molar-refractivity contribution in [1.82, 2.24) is 4.90 Å². The Morgan fingerprint density at radius 3 is 2.92 bits per heavy atom. The summed E-state index contributed by atoms with van der Waals surface area (Å²) in [5, 5.41) is 8.64. The summed E-state index contributed by atoms with van der Waals surface area (Å²) < 4.78 is 0. The lowest BCUT2D eigenvalue weighted by atomic mass is 10.2. The summed E-state index contributed by atoms with van der Waals surface area (Å²) in [6, 6.07) is 0.117. The van der Waals surface area contributed by atoms with E-state index >= 15 is 0 Å². The highest BCUT2D eigenvalue weighted by Crippen LogP contribution is 2.19. The average molecular weight is 192 g/mol. The number of carbonyl (C=O) groups excluding carboxylic acids is 1. The van der Waals surface area contributed by atoms with Crippen molar-refractivity contribution in [2.24, 2.45) is 0 Å². The Kier molecular flexibility index (Phi) is 3.35. The molecule has 1 aliphatic rings. The molecule has 0 aromatic heterocycles. The van der Waals surface area contributed by atoms with Crippen molar-refractivity contribution in [1.29, 1.82) is 0 Å². The van der Waals surface area contributed by atoms with E-state index in [-0.39, 0.29) is 23.9 Å². The number of hydrogen-bond donors (Lipinski definition) is 1. The highest BCUT2D eigenvalue weighted by molar-refractivity contribution is 6.22. The van der Waals surface area contributed by atoms with Gasteiger partial charge in [0.2, 0.25) is 5.91 Å². The van der Waals surface area contributed by atoms with E-state index in [1.54, 1.807) is 4.90 Å². The second kappa shape index (κ2) is 4.10. The lowest BCUT2D eigenvalue weighted by Crippen LogP contribution is -2.35. The fourth-order valence-electron chi connectivity index (χ4n) is 1.45. The number of rotatable bonds is 3. The maximum atomic E-state index is 11.3.